The summed E-state index contributed by atoms with van der Waals surface area (Å²) in [7, 11) is 0.421. The maximum absolute atomic E-state index is 13.6. The number of rotatable bonds is 16. The number of carbonyl (C=O) groups excluding carboxylic acids is 2. The van der Waals surface area contributed by atoms with Crippen molar-refractivity contribution in [3.8, 4) is 5.75 Å². The van der Waals surface area contributed by atoms with Crippen molar-refractivity contribution >= 4 is 22.0 Å². The van der Waals surface area contributed by atoms with Crippen LogP contribution in [-0.2, 0) is 36.4 Å². The van der Waals surface area contributed by atoms with Crippen LogP contribution in [0.4, 0.5) is 4.79 Å². The van der Waals surface area contributed by atoms with Crippen LogP contribution < -0.4 is 14.8 Å². The molecule has 224 valence electrons. The number of sulfonamides is 1. The molecule has 0 radical (unpaired) electrons. The van der Waals surface area contributed by atoms with Crippen LogP contribution in [0.1, 0.15) is 35.4 Å². The molecule has 1 saturated carbocycles. The minimum absolute atomic E-state index is 0.0156. The molecule has 1 aliphatic heterocycles. The Balaban J connectivity index is 1.60. The van der Waals surface area contributed by atoms with E-state index < -0.39 is 27.3 Å². The molecular formula is C29H40N4O7S. The van der Waals surface area contributed by atoms with Gasteiger partial charge in [-0.15, -0.1) is 0 Å². The molecule has 4 rings (SSSR count). The van der Waals surface area contributed by atoms with E-state index in [1.54, 1.807) is 7.11 Å². The molecule has 0 aromatic heterocycles. The summed E-state index contributed by atoms with van der Waals surface area (Å²) in [6.07, 6.45) is 2.76. The highest BCUT2D eigenvalue weighted by molar-refractivity contribution is 7.90. The summed E-state index contributed by atoms with van der Waals surface area (Å²) in [5.74, 6) is -0.106. The van der Waals surface area contributed by atoms with Gasteiger partial charge in [-0.05, 0) is 54.0 Å². The van der Waals surface area contributed by atoms with Crippen LogP contribution in [0.3, 0.4) is 0 Å². The van der Waals surface area contributed by atoms with Crippen molar-refractivity contribution in [2.45, 2.75) is 30.8 Å². The summed E-state index contributed by atoms with van der Waals surface area (Å²) < 4.78 is 45.4. The predicted octanol–water partition coefficient (Wildman–Crippen LogP) is 2.03. The molecule has 1 saturated heterocycles. The number of urea groups is 1. The number of carbonyl (C=O) groups is 2. The molecule has 2 aromatic rings. The minimum Gasteiger partial charge on any atom is -0.497 e. The highest BCUT2D eigenvalue weighted by atomic mass is 32.2. The van der Waals surface area contributed by atoms with E-state index in [1.807, 2.05) is 48.5 Å². The number of hydrogen-bond acceptors (Lipinski definition) is 7. The first-order valence-electron chi connectivity index (χ1n) is 13.8. The zero-order valence-corrected chi connectivity index (χ0v) is 24.7. The third-order valence-electron chi connectivity index (χ3n) is 7.54. The van der Waals surface area contributed by atoms with Crippen molar-refractivity contribution in [1.82, 2.24) is 19.8 Å². The van der Waals surface area contributed by atoms with Gasteiger partial charge in [0.05, 0.1) is 26.9 Å². The number of nitrogens with one attached hydrogen (secondary N) is 2. The molecular weight excluding hydrogens is 548 g/mol. The molecule has 11 nitrogen and oxygen atoms in total. The molecule has 2 fully saturated rings. The maximum Gasteiger partial charge on any atom is 0.319 e. The van der Waals surface area contributed by atoms with Crippen molar-refractivity contribution in [2.75, 3.05) is 66.5 Å². The van der Waals surface area contributed by atoms with Gasteiger partial charge in [0.1, 0.15) is 11.5 Å². The van der Waals surface area contributed by atoms with Gasteiger partial charge in [0.25, 0.3) is 0 Å². The van der Waals surface area contributed by atoms with Gasteiger partial charge in [0.15, 0.2) is 5.66 Å². The summed E-state index contributed by atoms with van der Waals surface area (Å²) in [6, 6.07) is 14.9. The van der Waals surface area contributed by atoms with Crippen molar-refractivity contribution in [3.63, 3.8) is 0 Å². The zero-order valence-electron chi connectivity index (χ0n) is 23.9. The number of benzene rings is 2. The minimum atomic E-state index is -4.20. The summed E-state index contributed by atoms with van der Waals surface area (Å²) in [5, 5.41) is 2.83. The topological polar surface area (TPSA) is 127 Å². The van der Waals surface area contributed by atoms with Gasteiger partial charge in [-0.1, -0.05) is 36.4 Å². The normalized spacial score (nSPS) is 18.8. The molecule has 1 heterocycles. The van der Waals surface area contributed by atoms with Crippen LogP contribution in [0, 0.1) is 0 Å². The molecule has 2 aliphatic rings. The molecule has 2 N–H and O–H groups in total. The molecule has 1 unspecified atom stereocenters. The Bertz CT molecular complexity index is 1280. The first-order valence-corrected chi connectivity index (χ1v) is 15.4. The third-order valence-corrected chi connectivity index (χ3v) is 8.82. The largest absolute Gasteiger partial charge is 0.497 e. The van der Waals surface area contributed by atoms with Crippen molar-refractivity contribution in [1.29, 1.82) is 0 Å². The van der Waals surface area contributed by atoms with Gasteiger partial charge in [-0.25, -0.2) is 13.2 Å². The van der Waals surface area contributed by atoms with Crippen molar-refractivity contribution in [3.05, 3.63) is 65.2 Å². The van der Waals surface area contributed by atoms with Crippen molar-refractivity contribution in [2.24, 2.45) is 0 Å². The Morgan fingerprint density at radius 1 is 1.02 bits per heavy atom. The summed E-state index contributed by atoms with van der Waals surface area (Å²) in [5.41, 5.74) is 1.38. The van der Waals surface area contributed by atoms with E-state index in [2.05, 4.69) is 10.0 Å². The first kappa shape index (κ1) is 30.8. The van der Waals surface area contributed by atoms with E-state index in [4.69, 9.17) is 14.2 Å². The second-order valence-electron chi connectivity index (χ2n) is 10.4. The summed E-state index contributed by atoms with van der Waals surface area (Å²) in [6.45, 7) is 1.25. The van der Waals surface area contributed by atoms with E-state index in [-0.39, 0.29) is 45.4 Å². The monoisotopic (exact) mass is 588 g/mol. The van der Waals surface area contributed by atoms with Gasteiger partial charge in [-0.3, -0.25) is 9.69 Å². The van der Waals surface area contributed by atoms with E-state index in [0.29, 0.717) is 17.9 Å². The van der Waals surface area contributed by atoms with Gasteiger partial charge in [-0.2, -0.15) is 4.72 Å². The van der Waals surface area contributed by atoms with Crippen LogP contribution in [0.5, 0.6) is 5.75 Å². The van der Waals surface area contributed by atoms with E-state index in [9.17, 15) is 18.0 Å². The van der Waals surface area contributed by atoms with Crippen LogP contribution in [0.15, 0.2) is 48.5 Å². The SMILES string of the molecule is COCCN(CCOC)C(=O)CS(=O)(=O)NC1(c2ccc(C3CC3)cc2)CNC(=O)N1CCc1ccc(OC)cc1. The second kappa shape index (κ2) is 13.6. The Morgan fingerprint density at radius 2 is 1.66 bits per heavy atom. The molecule has 0 bridgehead atoms. The quantitative estimate of drug-likeness (QED) is 0.307. The maximum atomic E-state index is 13.6. The molecule has 2 aromatic carbocycles. The Labute approximate surface area is 242 Å². The van der Waals surface area contributed by atoms with Crippen LogP contribution in [0.25, 0.3) is 0 Å². The number of amides is 3. The molecule has 12 heteroatoms. The fourth-order valence-electron chi connectivity index (χ4n) is 5.06. The van der Waals surface area contributed by atoms with Crippen LogP contribution in [0.2, 0.25) is 0 Å². The molecule has 0 spiro atoms. The third kappa shape index (κ3) is 7.76. The average Bonchev–Trinajstić information content (AvgIpc) is 3.77. The molecule has 1 aliphatic carbocycles. The fraction of sp³-hybridized carbons (Fsp3) is 0.517. The van der Waals surface area contributed by atoms with Gasteiger partial charge < -0.3 is 24.4 Å². The van der Waals surface area contributed by atoms with E-state index in [0.717, 1.165) is 24.2 Å². The van der Waals surface area contributed by atoms with E-state index >= 15 is 0 Å². The number of ether oxygens (including phenoxy) is 3. The molecule has 3 amide bonds. The molecule has 41 heavy (non-hydrogen) atoms. The molecule has 1 atom stereocenters. The first-order chi connectivity index (χ1) is 19.7. The number of nitrogens with zero attached hydrogens (tertiary/aromatic N) is 2. The standard InChI is InChI=1S/C29H40N4O7S/c1-38-18-16-32(17-19-39-2)27(34)20-41(36,37)31-29(25-10-8-24(9-11-25)23-6-7-23)21-30-28(35)33(29)15-14-22-4-12-26(40-3)13-5-22/h4-5,8-13,23,31H,6-7,14-21H2,1-3H3,(H,30,35). The number of methoxy groups -OCH3 is 3. The predicted molar refractivity (Wildman–Crippen MR) is 154 cm³/mol. The highest BCUT2D eigenvalue weighted by Gasteiger charge is 2.49. The Kier molecular flexibility index (Phi) is 10.2. The Hall–Kier alpha value is -3.19. The average molecular weight is 589 g/mol. The van der Waals surface area contributed by atoms with Gasteiger partial charge in [0, 0.05) is 33.9 Å². The zero-order chi connectivity index (χ0) is 29.5. The highest BCUT2D eigenvalue weighted by Crippen LogP contribution is 2.41. The summed E-state index contributed by atoms with van der Waals surface area (Å²) >= 11 is 0. The van der Waals surface area contributed by atoms with Crippen LogP contribution >= 0.6 is 0 Å². The smallest absolute Gasteiger partial charge is 0.319 e. The second-order valence-corrected chi connectivity index (χ2v) is 12.1. The van der Waals surface area contributed by atoms with Gasteiger partial charge >= 0.3 is 6.03 Å². The van der Waals surface area contributed by atoms with Crippen LogP contribution in [-0.4, -0.2) is 96.6 Å². The lowest BCUT2D eigenvalue weighted by molar-refractivity contribution is -0.129. The Morgan fingerprint density at radius 3 is 2.22 bits per heavy atom. The lowest BCUT2D eigenvalue weighted by Crippen LogP contribution is -2.58. The lowest BCUT2D eigenvalue weighted by Gasteiger charge is -2.38. The fourth-order valence-corrected chi connectivity index (χ4v) is 6.45. The van der Waals surface area contributed by atoms with Gasteiger partial charge in [0.2, 0.25) is 15.9 Å². The summed E-state index contributed by atoms with van der Waals surface area (Å²) in [4.78, 5) is 29.2. The van der Waals surface area contributed by atoms with Crippen molar-refractivity contribution < 1.29 is 32.2 Å². The number of hydrogen-bond donors (Lipinski definition) is 2. The van der Waals surface area contributed by atoms with E-state index in [1.165, 1.54) is 29.6 Å². The lowest BCUT2D eigenvalue weighted by atomic mass is 9.97.